The fourth-order valence-electron chi connectivity index (χ4n) is 3.06. The van der Waals surface area contributed by atoms with E-state index in [1.807, 2.05) is 0 Å². The molecule has 1 fully saturated rings. The molecule has 2 aromatic rings. The molecule has 0 saturated heterocycles. The lowest BCUT2D eigenvalue weighted by Crippen LogP contribution is -2.23. The maximum Gasteiger partial charge on any atom is 0.0354 e. The first-order valence-electron chi connectivity index (χ1n) is 7.23. The Labute approximate surface area is 115 Å². The second-order valence-electron chi connectivity index (χ2n) is 5.36. The number of nitrogens with one attached hydrogen (secondary N) is 1. The van der Waals surface area contributed by atoms with Crippen molar-refractivity contribution >= 4 is 0 Å². The van der Waals surface area contributed by atoms with Crippen LogP contribution in [0.5, 0.6) is 0 Å². The molecule has 98 valence electrons. The van der Waals surface area contributed by atoms with Gasteiger partial charge in [0.2, 0.25) is 0 Å². The Kier molecular flexibility index (Phi) is 3.65. The minimum atomic E-state index is 0.497. The third-order valence-electron chi connectivity index (χ3n) is 4.08. The van der Waals surface area contributed by atoms with Crippen molar-refractivity contribution in [3.8, 4) is 0 Å². The highest BCUT2D eigenvalue weighted by atomic mass is 14.9. The minimum Gasteiger partial charge on any atom is -0.310 e. The van der Waals surface area contributed by atoms with Gasteiger partial charge >= 0.3 is 0 Å². The fourth-order valence-corrected chi connectivity index (χ4v) is 3.06. The molecule has 0 amide bonds. The van der Waals surface area contributed by atoms with E-state index in [0.717, 1.165) is 18.4 Å². The third kappa shape index (κ3) is 2.71. The molecular weight excluding hydrogens is 230 g/mol. The van der Waals surface area contributed by atoms with Gasteiger partial charge in [0, 0.05) is 6.04 Å². The van der Waals surface area contributed by atoms with Crippen molar-refractivity contribution in [2.75, 3.05) is 6.54 Å². The van der Waals surface area contributed by atoms with Crippen LogP contribution in [0.2, 0.25) is 0 Å². The lowest BCUT2D eigenvalue weighted by molar-refractivity contribution is 0.487. The number of benzene rings is 2. The summed E-state index contributed by atoms with van der Waals surface area (Å²) in [6.07, 6.45) is 1.30. The summed E-state index contributed by atoms with van der Waals surface area (Å²) in [6.45, 7) is 3.22. The van der Waals surface area contributed by atoms with Crippen molar-refractivity contribution in [2.45, 2.75) is 25.3 Å². The van der Waals surface area contributed by atoms with E-state index < -0.39 is 0 Å². The first-order chi connectivity index (χ1) is 9.40. The molecule has 0 spiro atoms. The molecule has 1 saturated carbocycles. The van der Waals surface area contributed by atoms with Crippen molar-refractivity contribution in [2.24, 2.45) is 5.92 Å². The van der Waals surface area contributed by atoms with Crippen LogP contribution in [-0.2, 0) is 0 Å². The second-order valence-corrected chi connectivity index (χ2v) is 5.36. The summed E-state index contributed by atoms with van der Waals surface area (Å²) in [4.78, 5) is 0. The highest BCUT2D eigenvalue weighted by Gasteiger charge is 2.43. The van der Waals surface area contributed by atoms with E-state index in [4.69, 9.17) is 0 Å². The number of hydrogen-bond donors (Lipinski definition) is 1. The van der Waals surface area contributed by atoms with Crippen LogP contribution in [0.15, 0.2) is 60.7 Å². The molecule has 1 nitrogen and oxygen atoms in total. The maximum absolute atomic E-state index is 3.66. The molecule has 0 aliphatic heterocycles. The van der Waals surface area contributed by atoms with Crippen LogP contribution in [0.25, 0.3) is 0 Å². The Hall–Kier alpha value is -1.60. The summed E-state index contributed by atoms with van der Waals surface area (Å²) in [6, 6.07) is 22.3. The highest BCUT2D eigenvalue weighted by Crippen LogP contribution is 2.53. The first-order valence-corrected chi connectivity index (χ1v) is 7.23. The van der Waals surface area contributed by atoms with Crippen LogP contribution in [0.4, 0.5) is 0 Å². The zero-order valence-electron chi connectivity index (χ0n) is 11.4. The molecule has 1 aliphatic carbocycles. The van der Waals surface area contributed by atoms with Gasteiger partial charge in [0.05, 0.1) is 0 Å². The van der Waals surface area contributed by atoms with Crippen LogP contribution in [-0.4, -0.2) is 6.54 Å². The lowest BCUT2D eigenvalue weighted by atomic mass is 9.99. The zero-order valence-corrected chi connectivity index (χ0v) is 11.4. The average molecular weight is 251 g/mol. The third-order valence-corrected chi connectivity index (χ3v) is 4.08. The summed E-state index contributed by atoms with van der Waals surface area (Å²) in [5, 5.41) is 3.66. The number of hydrogen-bond acceptors (Lipinski definition) is 1. The SMILES string of the molecule is CCNC(c1ccccc1)C1CC1c1ccccc1. The van der Waals surface area contributed by atoms with Crippen molar-refractivity contribution in [1.29, 1.82) is 0 Å². The second kappa shape index (κ2) is 5.58. The van der Waals surface area contributed by atoms with E-state index in [-0.39, 0.29) is 0 Å². The molecule has 1 heteroatoms. The molecule has 0 aromatic heterocycles. The van der Waals surface area contributed by atoms with Gasteiger partial charge in [-0.05, 0) is 35.9 Å². The summed E-state index contributed by atoms with van der Waals surface area (Å²) < 4.78 is 0. The molecule has 1 aliphatic rings. The predicted octanol–water partition coefficient (Wildman–Crippen LogP) is 4.14. The van der Waals surface area contributed by atoms with Crippen LogP contribution in [0.1, 0.15) is 36.4 Å². The summed E-state index contributed by atoms with van der Waals surface area (Å²) in [7, 11) is 0. The van der Waals surface area contributed by atoms with E-state index >= 15 is 0 Å². The van der Waals surface area contributed by atoms with Crippen LogP contribution >= 0.6 is 0 Å². The topological polar surface area (TPSA) is 12.0 Å². The molecule has 0 bridgehead atoms. The highest BCUT2D eigenvalue weighted by molar-refractivity contribution is 5.30. The van der Waals surface area contributed by atoms with Crippen molar-refractivity contribution < 1.29 is 0 Å². The Morgan fingerprint density at radius 3 is 2.26 bits per heavy atom. The van der Waals surface area contributed by atoms with Crippen molar-refractivity contribution in [1.82, 2.24) is 5.32 Å². The van der Waals surface area contributed by atoms with Gasteiger partial charge in [-0.1, -0.05) is 67.6 Å². The van der Waals surface area contributed by atoms with Gasteiger partial charge < -0.3 is 5.32 Å². The number of rotatable bonds is 5. The monoisotopic (exact) mass is 251 g/mol. The first kappa shape index (κ1) is 12.4. The Morgan fingerprint density at radius 2 is 1.63 bits per heavy atom. The predicted molar refractivity (Wildman–Crippen MR) is 80.1 cm³/mol. The van der Waals surface area contributed by atoms with Crippen LogP contribution < -0.4 is 5.32 Å². The molecule has 3 unspecified atom stereocenters. The van der Waals surface area contributed by atoms with E-state index in [1.165, 1.54) is 17.5 Å². The Morgan fingerprint density at radius 1 is 1.00 bits per heavy atom. The van der Waals surface area contributed by atoms with Gasteiger partial charge in [-0.15, -0.1) is 0 Å². The molecule has 3 rings (SSSR count). The smallest absolute Gasteiger partial charge is 0.0354 e. The van der Waals surface area contributed by atoms with Crippen LogP contribution in [0.3, 0.4) is 0 Å². The van der Waals surface area contributed by atoms with E-state index in [1.54, 1.807) is 0 Å². The summed E-state index contributed by atoms with van der Waals surface area (Å²) >= 11 is 0. The van der Waals surface area contributed by atoms with Crippen molar-refractivity contribution in [3.63, 3.8) is 0 Å². The molecule has 19 heavy (non-hydrogen) atoms. The van der Waals surface area contributed by atoms with E-state index in [9.17, 15) is 0 Å². The van der Waals surface area contributed by atoms with Crippen molar-refractivity contribution in [3.05, 3.63) is 71.8 Å². The lowest BCUT2D eigenvalue weighted by Gasteiger charge is -2.18. The van der Waals surface area contributed by atoms with Gasteiger partial charge in [-0.2, -0.15) is 0 Å². The van der Waals surface area contributed by atoms with Gasteiger partial charge in [0.25, 0.3) is 0 Å². The van der Waals surface area contributed by atoms with Crippen LogP contribution in [0, 0.1) is 5.92 Å². The Bertz CT molecular complexity index is 506. The fraction of sp³-hybridized carbons (Fsp3) is 0.333. The quantitative estimate of drug-likeness (QED) is 0.842. The average Bonchev–Trinajstić information content (AvgIpc) is 3.27. The van der Waals surface area contributed by atoms with E-state index in [2.05, 4.69) is 72.9 Å². The molecule has 3 atom stereocenters. The van der Waals surface area contributed by atoms with Gasteiger partial charge in [-0.3, -0.25) is 0 Å². The summed E-state index contributed by atoms with van der Waals surface area (Å²) in [5.74, 6) is 1.47. The largest absolute Gasteiger partial charge is 0.310 e. The maximum atomic E-state index is 3.66. The van der Waals surface area contributed by atoms with Gasteiger partial charge in [-0.25, -0.2) is 0 Å². The summed E-state index contributed by atoms with van der Waals surface area (Å²) in [5.41, 5.74) is 2.92. The molecule has 2 aromatic carbocycles. The Balaban J connectivity index is 1.77. The standard InChI is InChI=1S/C18H21N/c1-2-19-18(15-11-7-4-8-12-15)17-13-16(17)14-9-5-3-6-10-14/h3-12,16-19H,2,13H2,1H3. The van der Waals surface area contributed by atoms with E-state index in [0.29, 0.717) is 6.04 Å². The zero-order chi connectivity index (χ0) is 13.1. The molecule has 0 radical (unpaired) electrons. The minimum absolute atomic E-state index is 0.497. The van der Waals surface area contributed by atoms with Gasteiger partial charge in [0.15, 0.2) is 0 Å². The van der Waals surface area contributed by atoms with Gasteiger partial charge in [0.1, 0.15) is 0 Å². The molecular formula is C18H21N. The normalized spacial score (nSPS) is 23.0. The molecule has 0 heterocycles. The molecule has 1 N–H and O–H groups in total.